The lowest BCUT2D eigenvalue weighted by molar-refractivity contribution is -0.160. The Hall–Kier alpha value is -3.92. The fourth-order valence-electron chi connectivity index (χ4n) is 5.31. The molecule has 10 nitrogen and oxygen atoms in total. The van der Waals surface area contributed by atoms with Crippen LogP contribution in [0.15, 0.2) is 42.5 Å². The molecule has 0 spiro atoms. The smallest absolute Gasteiger partial charge is 0.323 e. The number of methoxy groups -OCH3 is 1. The molecule has 2 N–H and O–H groups in total. The number of hydrogen-bond acceptors (Lipinski definition) is 8. The topological polar surface area (TPSA) is 128 Å². The Morgan fingerprint density at radius 2 is 1.78 bits per heavy atom. The predicted molar refractivity (Wildman–Crippen MR) is 151 cm³/mol. The molecule has 0 bridgehead atoms. The van der Waals surface area contributed by atoms with Gasteiger partial charge in [0.05, 0.1) is 13.7 Å². The highest BCUT2D eigenvalue weighted by molar-refractivity contribution is 6.01. The van der Waals surface area contributed by atoms with Crippen LogP contribution in [-0.2, 0) is 43.6 Å². The molecule has 41 heavy (non-hydrogen) atoms. The normalized spacial score (nSPS) is 17.7. The average Bonchev–Trinajstić information content (AvgIpc) is 3.52. The van der Waals surface area contributed by atoms with E-state index >= 15 is 0 Å². The van der Waals surface area contributed by atoms with Gasteiger partial charge in [-0.05, 0) is 69.8 Å². The van der Waals surface area contributed by atoms with E-state index < -0.39 is 23.5 Å². The molecule has 0 aliphatic carbocycles. The van der Waals surface area contributed by atoms with Crippen molar-refractivity contribution in [1.82, 2.24) is 9.80 Å². The highest BCUT2D eigenvalue weighted by atomic mass is 16.6. The largest absolute Gasteiger partial charge is 0.489 e. The summed E-state index contributed by atoms with van der Waals surface area (Å²) in [6.07, 6.45) is 1.82. The van der Waals surface area contributed by atoms with Crippen LogP contribution in [0, 0.1) is 0 Å². The van der Waals surface area contributed by atoms with Crippen LogP contribution >= 0.6 is 0 Å². The highest BCUT2D eigenvalue weighted by Gasteiger charge is 2.37. The Bertz CT molecular complexity index is 1290. The SMILES string of the molecule is COC(=O)CCC(C(N)=O)N1Cc2c(OCc3ccc(CN4CCCC4C(=O)OC(C)(C)C)cc3)cccc2C1=O. The summed E-state index contributed by atoms with van der Waals surface area (Å²) in [5.41, 5.74) is 8.25. The molecule has 220 valence electrons. The van der Waals surface area contributed by atoms with Crippen molar-refractivity contribution >= 4 is 23.8 Å². The Kier molecular flexibility index (Phi) is 9.32. The van der Waals surface area contributed by atoms with Gasteiger partial charge in [0.15, 0.2) is 0 Å². The van der Waals surface area contributed by atoms with Crippen LogP contribution in [0.3, 0.4) is 0 Å². The van der Waals surface area contributed by atoms with E-state index in [2.05, 4.69) is 9.64 Å². The molecule has 2 aromatic carbocycles. The maximum Gasteiger partial charge on any atom is 0.323 e. The lowest BCUT2D eigenvalue weighted by Gasteiger charge is -2.27. The standard InChI is InChI=1S/C31H39N3O7/c1-31(2,3)41-30(38)25-8-6-16-33(25)17-20-10-12-21(13-11-20)19-40-26-9-5-7-22-23(26)18-34(29(22)37)24(28(32)36)14-15-27(35)39-4/h5,7,9-13,24-25H,6,8,14-19H2,1-4H3,(H2,32,36). The van der Waals surface area contributed by atoms with Gasteiger partial charge in [-0.2, -0.15) is 0 Å². The Morgan fingerprint density at radius 1 is 1.07 bits per heavy atom. The first kappa shape index (κ1) is 30.0. The van der Waals surface area contributed by atoms with Crippen LogP contribution in [0.4, 0.5) is 0 Å². The number of nitrogens with two attached hydrogens (primary N) is 1. The van der Waals surface area contributed by atoms with E-state index in [0.29, 0.717) is 23.4 Å². The first-order chi connectivity index (χ1) is 19.5. The zero-order valence-electron chi connectivity index (χ0n) is 24.2. The van der Waals surface area contributed by atoms with E-state index in [1.807, 2.05) is 45.0 Å². The fraction of sp³-hybridized carbons (Fsp3) is 0.484. The summed E-state index contributed by atoms with van der Waals surface area (Å²) in [6.45, 7) is 7.61. The van der Waals surface area contributed by atoms with E-state index in [9.17, 15) is 19.2 Å². The third-order valence-electron chi connectivity index (χ3n) is 7.35. The Balaban J connectivity index is 1.37. The number of carbonyl (C=O) groups excluding carboxylic acids is 4. The molecule has 1 fully saturated rings. The molecule has 2 unspecified atom stereocenters. The van der Waals surface area contributed by atoms with Crippen molar-refractivity contribution in [1.29, 1.82) is 0 Å². The molecule has 10 heteroatoms. The summed E-state index contributed by atoms with van der Waals surface area (Å²) in [4.78, 5) is 53.1. The first-order valence-electron chi connectivity index (χ1n) is 13.9. The van der Waals surface area contributed by atoms with Crippen molar-refractivity contribution in [3.05, 3.63) is 64.7 Å². The van der Waals surface area contributed by atoms with Gasteiger partial charge in [-0.1, -0.05) is 30.3 Å². The molecule has 2 atom stereocenters. The monoisotopic (exact) mass is 565 g/mol. The molecule has 2 aliphatic rings. The zero-order chi connectivity index (χ0) is 29.7. The van der Waals surface area contributed by atoms with Gasteiger partial charge in [-0.15, -0.1) is 0 Å². The number of ether oxygens (including phenoxy) is 3. The Morgan fingerprint density at radius 3 is 2.44 bits per heavy atom. The molecule has 2 aromatic rings. The minimum absolute atomic E-state index is 0.0248. The molecule has 0 aromatic heterocycles. The maximum absolute atomic E-state index is 13.1. The lowest BCUT2D eigenvalue weighted by atomic mass is 10.1. The number of fused-ring (bicyclic) bond motifs is 1. The van der Waals surface area contributed by atoms with Gasteiger partial charge in [0.2, 0.25) is 5.91 Å². The number of benzene rings is 2. The minimum Gasteiger partial charge on any atom is -0.489 e. The van der Waals surface area contributed by atoms with Gasteiger partial charge in [-0.3, -0.25) is 24.1 Å². The molecule has 2 aliphatic heterocycles. The summed E-state index contributed by atoms with van der Waals surface area (Å²) in [6, 6.07) is 12.1. The summed E-state index contributed by atoms with van der Waals surface area (Å²) in [7, 11) is 1.27. The highest BCUT2D eigenvalue weighted by Crippen LogP contribution is 2.33. The molecular weight excluding hydrogens is 526 g/mol. The van der Waals surface area contributed by atoms with Crippen molar-refractivity contribution in [2.45, 2.75) is 83.8 Å². The maximum atomic E-state index is 13.1. The molecule has 2 amide bonds. The number of esters is 2. The van der Waals surface area contributed by atoms with Crippen LogP contribution in [-0.4, -0.2) is 64.9 Å². The van der Waals surface area contributed by atoms with Crippen LogP contribution in [0.1, 0.15) is 73.5 Å². The van der Waals surface area contributed by atoms with E-state index in [4.69, 9.17) is 15.2 Å². The molecule has 0 saturated carbocycles. The van der Waals surface area contributed by atoms with Crippen LogP contribution in [0.5, 0.6) is 5.75 Å². The van der Waals surface area contributed by atoms with Gasteiger partial charge in [0.25, 0.3) is 5.91 Å². The summed E-state index contributed by atoms with van der Waals surface area (Å²) < 4.78 is 16.4. The second-order valence-corrected chi connectivity index (χ2v) is 11.5. The van der Waals surface area contributed by atoms with Gasteiger partial charge in [0.1, 0.15) is 30.0 Å². The number of amides is 2. The van der Waals surface area contributed by atoms with E-state index in [1.165, 1.54) is 12.0 Å². The lowest BCUT2D eigenvalue weighted by Crippen LogP contribution is -2.45. The zero-order valence-corrected chi connectivity index (χ0v) is 24.2. The number of carbonyl (C=O) groups is 4. The number of primary amides is 1. The number of rotatable bonds is 11. The third kappa shape index (κ3) is 7.43. The molecule has 2 heterocycles. The molecule has 4 rings (SSSR count). The quantitative estimate of drug-likeness (QED) is 0.411. The second-order valence-electron chi connectivity index (χ2n) is 11.5. The van der Waals surface area contributed by atoms with Crippen molar-refractivity contribution < 1.29 is 33.4 Å². The second kappa shape index (κ2) is 12.7. The molecule has 1 saturated heterocycles. The summed E-state index contributed by atoms with van der Waals surface area (Å²) in [5, 5.41) is 0. The van der Waals surface area contributed by atoms with Crippen LogP contribution in [0.2, 0.25) is 0 Å². The van der Waals surface area contributed by atoms with E-state index in [0.717, 1.165) is 30.5 Å². The fourth-order valence-corrected chi connectivity index (χ4v) is 5.31. The summed E-state index contributed by atoms with van der Waals surface area (Å²) >= 11 is 0. The van der Waals surface area contributed by atoms with Gasteiger partial charge < -0.3 is 24.8 Å². The first-order valence-corrected chi connectivity index (χ1v) is 13.9. The van der Waals surface area contributed by atoms with Gasteiger partial charge in [0, 0.05) is 24.1 Å². The predicted octanol–water partition coefficient (Wildman–Crippen LogP) is 3.33. The van der Waals surface area contributed by atoms with Gasteiger partial charge in [-0.25, -0.2) is 0 Å². The molecular formula is C31H39N3O7. The minimum atomic E-state index is -0.931. The van der Waals surface area contributed by atoms with E-state index in [1.54, 1.807) is 18.2 Å². The van der Waals surface area contributed by atoms with Gasteiger partial charge >= 0.3 is 11.9 Å². The van der Waals surface area contributed by atoms with E-state index in [-0.39, 0.29) is 43.9 Å². The van der Waals surface area contributed by atoms with Crippen molar-refractivity contribution in [3.8, 4) is 5.75 Å². The summed E-state index contributed by atoms with van der Waals surface area (Å²) in [5.74, 6) is -1.09. The van der Waals surface area contributed by atoms with Crippen molar-refractivity contribution in [3.63, 3.8) is 0 Å². The Labute approximate surface area is 240 Å². The van der Waals surface area contributed by atoms with Crippen molar-refractivity contribution in [2.24, 2.45) is 5.73 Å². The third-order valence-corrected chi connectivity index (χ3v) is 7.35. The molecule has 0 radical (unpaired) electrons. The average molecular weight is 566 g/mol. The number of hydrogen-bond donors (Lipinski definition) is 1. The van der Waals surface area contributed by atoms with Crippen molar-refractivity contribution in [2.75, 3.05) is 13.7 Å². The van der Waals surface area contributed by atoms with Crippen LogP contribution < -0.4 is 10.5 Å². The number of likely N-dealkylation sites (tertiary alicyclic amines) is 1. The number of nitrogens with zero attached hydrogens (tertiary/aromatic N) is 2. The van der Waals surface area contributed by atoms with Crippen LogP contribution in [0.25, 0.3) is 0 Å².